The van der Waals surface area contributed by atoms with Gasteiger partial charge in [-0.2, -0.15) is 0 Å². The Bertz CT molecular complexity index is 553. The van der Waals surface area contributed by atoms with Crippen LogP contribution >= 0.6 is 15.9 Å². The summed E-state index contributed by atoms with van der Waals surface area (Å²) in [6, 6.07) is 9.90. The van der Waals surface area contributed by atoms with Gasteiger partial charge in [0.2, 0.25) is 0 Å². The summed E-state index contributed by atoms with van der Waals surface area (Å²) in [5.74, 6) is 0.0448. The maximum Gasteiger partial charge on any atom is 0.317 e. The van der Waals surface area contributed by atoms with Crippen LogP contribution in [0.15, 0.2) is 28.7 Å². The molecule has 24 heavy (non-hydrogen) atoms. The van der Waals surface area contributed by atoms with Crippen molar-refractivity contribution >= 4 is 21.9 Å². The van der Waals surface area contributed by atoms with Crippen LogP contribution in [-0.2, 0) is 11.2 Å². The van der Waals surface area contributed by atoms with Gasteiger partial charge in [0.15, 0.2) is 0 Å². The zero-order valence-electron chi connectivity index (χ0n) is 14.2. The number of hydrogen-bond acceptors (Lipinski definition) is 3. The van der Waals surface area contributed by atoms with E-state index in [9.17, 15) is 4.79 Å². The highest BCUT2D eigenvalue weighted by Crippen LogP contribution is 2.33. The first-order chi connectivity index (χ1) is 11.5. The number of hydrogen-bond donors (Lipinski definition) is 2. The number of rotatable bonds is 9. The highest BCUT2D eigenvalue weighted by atomic mass is 79.9. The Hall–Kier alpha value is -0.910. The molecule has 2 fully saturated rings. The minimum absolute atomic E-state index is 0.197. The lowest BCUT2D eigenvalue weighted by atomic mass is 9.84. The number of benzene rings is 1. The summed E-state index contributed by atoms with van der Waals surface area (Å²) in [6.07, 6.45) is 5.72. The fourth-order valence-corrected chi connectivity index (χ4v) is 3.87. The molecule has 0 heterocycles. The third-order valence-corrected chi connectivity index (χ3v) is 5.66. The second kappa shape index (κ2) is 7.98. The average molecular weight is 395 g/mol. The standard InChI is InChI=1S/C19H27BrN2O2/c1-13(8-14-4-6-16(20)7-5-14)21-17-9-18(10-17)22(12-19(23)24)11-15-2-3-15/h4-7,13,15,17-18,21H,2-3,8-12H2,1H3,(H,23,24). The third kappa shape index (κ3) is 5.30. The highest BCUT2D eigenvalue weighted by Gasteiger charge is 2.37. The molecule has 0 radical (unpaired) electrons. The van der Waals surface area contributed by atoms with E-state index in [1.165, 1.54) is 18.4 Å². The second-order valence-electron chi connectivity index (χ2n) is 7.49. The van der Waals surface area contributed by atoms with Crippen LogP contribution in [0.3, 0.4) is 0 Å². The van der Waals surface area contributed by atoms with E-state index < -0.39 is 5.97 Å². The smallest absolute Gasteiger partial charge is 0.317 e. The number of carbonyl (C=O) groups is 1. The lowest BCUT2D eigenvalue weighted by Gasteiger charge is -2.44. The molecule has 1 aromatic rings. The van der Waals surface area contributed by atoms with Gasteiger partial charge in [0, 0.05) is 29.1 Å². The second-order valence-corrected chi connectivity index (χ2v) is 8.40. The molecule has 0 amide bonds. The summed E-state index contributed by atoms with van der Waals surface area (Å²) in [4.78, 5) is 13.3. The van der Waals surface area contributed by atoms with Crippen LogP contribution in [0, 0.1) is 5.92 Å². The Balaban J connectivity index is 1.41. The van der Waals surface area contributed by atoms with Crippen molar-refractivity contribution in [2.75, 3.05) is 13.1 Å². The van der Waals surface area contributed by atoms with Crippen molar-refractivity contribution in [1.82, 2.24) is 10.2 Å². The summed E-state index contributed by atoms with van der Waals surface area (Å²) in [7, 11) is 0. The quantitative estimate of drug-likeness (QED) is 0.674. The SMILES string of the molecule is CC(Cc1ccc(Br)cc1)NC1CC(N(CC(=O)O)CC2CC2)C1. The van der Waals surface area contributed by atoms with Gasteiger partial charge in [-0.1, -0.05) is 28.1 Å². The van der Waals surface area contributed by atoms with Crippen LogP contribution in [-0.4, -0.2) is 47.2 Å². The monoisotopic (exact) mass is 394 g/mol. The van der Waals surface area contributed by atoms with Gasteiger partial charge in [0.1, 0.15) is 0 Å². The number of aliphatic carboxylic acids is 1. The third-order valence-electron chi connectivity index (χ3n) is 5.13. The number of carboxylic acid groups (broad SMARTS) is 1. The Morgan fingerprint density at radius 3 is 2.58 bits per heavy atom. The van der Waals surface area contributed by atoms with Gasteiger partial charge in [0.05, 0.1) is 6.54 Å². The van der Waals surface area contributed by atoms with Crippen molar-refractivity contribution in [1.29, 1.82) is 0 Å². The minimum Gasteiger partial charge on any atom is -0.480 e. The fourth-order valence-electron chi connectivity index (χ4n) is 3.61. The summed E-state index contributed by atoms with van der Waals surface area (Å²) in [6.45, 7) is 3.40. The van der Waals surface area contributed by atoms with E-state index in [0.717, 1.165) is 36.2 Å². The molecule has 4 nitrogen and oxygen atoms in total. The molecule has 1 aromatic carbocycles. The van der Waals surface area contributed by atoms with Gasteiger partial charge in [-0.25, -0.2) is 0 Å². The zero-order chi connectivity index (χ0) is 17.1. The molecular weight excluding hydrogens is 368 g/mol. The summed E-state index contributed by atoms with van der Waals surface area (Å²) in [5.41, 5.74) is 1.34. The zero-order valence-corrected chi connectivity index (χ0v) is 15.8. The predicted octanol–water partition coefficient (Wildman–Crippen LogP) is 3.30. The first-order valence-corrected chi connectivity index (χ1v) is 9.75. The molecule has 0 aliphatic heterocycles. The molecule has 2 saturated carbocycles. The molecule has 0 bridgehead atoms. The summed E-state index contributed by atoms with van der Waals surface area (Å²) < 4.78 is 1.11. The normalized spacial score (nSPS) is 24.6. The molecule has 5 heteroatoms. The predicted molar refractivity (Wildman–Crippen MR) is 99.2 cm³/mol. The van der Waals surface area contributed by atoms with E-state index in [1.807, 2.05) is 0 Å². The molecule has 0 aromatic heterocycles. The van der Waals surface area contributed by atoms with Crippen molar-refractivity contribution in [3.05, 3.63) is 34.3 Å². The molecular formula is C19H27BrN2O2. The van der Waals surface area contributed by atoms with E-state index in [4.69, 9.17) is 5.11 Å². The van der Waals surface area contributed by atoms with Crippen LogP contribution in [0.2, 0.25) is 0 Å². The molecule has 132 valence electrons. The van der Waals surface area contributed by atoms with Gasteiger partial charge in [-0.3, -0.25) is 9.69 Å². The lowest BCUT2D eigenvalue weighted by molar-refractivity contribution is -0.139. The Morgan fingerprint density at radius 2 is 2.00 bits per heavy atom. The topological polar surface area (TPSA) is 52.6 Å². The van der Waals surface area contributed by atoms with Gasteiger partial charge < -0.3 is 10.4 Å². The van der Waals surface area contributed by atoms with E-state index in [0.29, 0.717) is 18.1 Å². The van der Waals surface area contributed by atoms with Crippen molar-refractivity contribution in [3.63, 3.8) is 0 Å². The van der Waals surface area contributed by atoms with Crippen molar-refractivity contribution in [2.45, 2.75) is 57.2 Å². The van der Waals surface area contributed by atoms with E-state index in [1.54, 1.807) is 0 Å². The Labute approximate surface area is 152 Å². The van der Waals surface area contributed by atoms with E-state index in [2.05, 4.69) is 57.3 Å². The van der Waals surface area contributed by atoms with Crippen LogP contribution in [0.25, 0.3) is 0 Å². The van der Waals surface area contributed by atoms with Gasteiger partial charge >= 0.3 is 5.97 Å². The van der Waals surface area contributed by atoms with Crippen molar-refractivity contribution < 1.29 is 9.90 Å². The maximum absolute atomic E-state index is 11.1. The molecule has 2 aliphatic rings. The van der Waals surface area contributed by atoms with E-state index in [-0.39, 0.29) is 6.54 Å². The van der Waals surface area contributed by atoms with Gasteiger partial charge in [-0.05, 0) is 62.6 Å². The van der Waals surface area contributed by atoms with Crippen LogP contribution in [0.5, 0.6) is 0 Å². The molecule has 0 saturated heterocycles. The summed E-state index contributed by atoms with van der Waals surface area (Å²) in [5, 5.41) is 12.8. The van der Waals surface area contributed by atoms with Gasteiger partial charge in [0.25, 0.3) is 0 Å². The van der Waals surface area contributed by atoms with Crippen LogP contribution in [0.1, 0.15) is 38.2 Å². The number of halogens is 1. The molecule has 0 spiro atoms. The molecule has 2 aliphatic carbocycles. The van der Waals surface area contributed by atoms with Crippen molar-refractivity contribution in [3.8, 4) is 0 Å². The molecule has 1 atom stereocenters. The Morgan fingerprint density at radius 1 is 1.33 bits per heavy atom. The lowest BCUT2D eigenvalue weighted by Crippen LogP contribution is -2.56. The molecule has 2 N–H and O–H groups in total. The minimum atomic E-state index is -0.698. The van der Waals surface area contributed by atoms with Crippen molar-refractivity contribution in [2.24, 2.45) is 5.92 Å². The van der Waals surface area contributed by atoms with Gasteiger partial charge in [-0.15, -0.1) is 0 Å². The largest absolute Gasteiger partial charge is 0.480 e. The molecule has 1 unspecified atom stereocenters. The fraction of sp³-hybridized carbons (Fsp3) is 0.632. The van der Waals surface area contributed by atoms with Crippen LogP contribution in [0.4, 0.5) is 0 Å². The maximum atomic E-state index is 11.1. The highest BCUT2D eigenvalue weighted by molar-refractivity contribution is 9.10. The Kier molecular flexibility index (Phi) is 5.95. The number of nitrogens with zero attached hydrogens (tertiary/aromatic N) is 1. The molecule has 3 rings (SSSR count). The number of carboxylic acids is 1. The first kappa shape index (κ1) is 17.9. The number of nitrogens with one attached hydrogen (secondary N) is 1. The van der Waals surface area contributed by atoms with E-state index >= 15 is 0 Å². The van der Waals surface area contributed by atoms with Crippen LogP contribution < -0.4 is 5.32 Å². The average Bonchev–Trinajstić information content (AvgIpc) is 3.28. The summed E-state index contributed by atoms with van der Waals surface area (Å²) >= 11 is 3.47. The first-order valence-electron chi connectivity index (χ1n) is 8.96.